The molecule has 0 spiro atoms. The van der Waals surface area contributed by atoms with E-state index in [0.717, 1.165) is 35.6 Å². The second kappa shape index (κ2) is 8.69. The molecule has 0 saturated carbocycles. The molecule has 1 amide bonds. The van der Waals surface area contributed by atoms with Crippen LogP contribution in [0.4, 0.5) is 4.79 Å². The van der Waals surface area contributed by atoms with Crippen LogP contribution in [0.25, 0.3) is 11.3 Å². The summed E-state index contributed by atoms with van der Waals surface area (Å²) in [5, 5.41) is 12.9. The molecule has 0 aliphatic carbocycles. The number of carboxylic acid groups (broad SMARTS) is 1. The molecule has 1 atom stereocenters. The minimum Gasteiger partial charge on any atom is -0.476 e. The van der Waals surface area contributed by atoms with Gasteiger partial charge in [0.2, 0.25) is 0 Å². The number of rotatable bonds is 4. The Hall–Kier alpha value is -3.52. The van der Waals surface area contributed by atoms with E-state index in [2.05, 4.69) is 40.1 Å². The molecule has 0 bridgehead atoms. The number of aryl methyl sites for hydroxylation is 1. The van der Waals surface area contributed by atoms with E-state index in [1.54, 1.807) is 11.1 Å². The second-order valence-electron chi connectivity index (χ2n) is 7.87. The number of aromatic nitrogens is 3. The average Bonchev–Trinajstić information content (AvgIpc) is 3.26. The summed E-state index contributed by atoms with van der Waals surface area (Å²) in [4.78, 5) is 32.3. The van der Waals surface area contributed by atoms with Crippen LogP contribution >= 0.6 is 0 Å². The number of pyridine rings is 1. The van der Waals surface area contributed by atoms with Crippen molar-refractivity contribution in [3.8, 4) is 11.3 Å². The number of carbonyl (C=O) groups excluding carboxylic acids is 1. The van der Waals surface area contributed by atoms with Gasteiger partial charge in [-0.15, -0.1) is 0 Å². The number of carboxylic acids is 1. The summed E-state index contributed by atoms with van der Waals surface area (Å²) in [7, 11) is 0. The normalized spacial score (nSPS) is 17.0. The Kier molecular flexibility index (Phi) is 5.81. The van der Waals surface area contributed by atoms with Gasteiger partial charge >= 0.3 is 12.0 Å². The van der Waals surface area contributed by atoms with Gasteiger partial charge in [0.15, 0.2) is 5.69 Å². The van der Waals surface area contributed by atoms with Crippen molar-refractivity contribution in [2.75, 3.05) is 19.6 Å². The highest BCUT2D eigenvalue weighted by Crippen LogP contribution is 2.22. The summed E-state index contributed by atoms with van der Waals surface area (Å²) in [6.07, 6.45) is 3.20. The van der Waals surface area contributed by atoms with E-state index in [0.29, 0.717) is 6.54 Å². The summed E-state index contributed by atoms with van der Waals surface area (Å²) in [6, 6.07) is 13.3. The molecule has 0 unspecified atom stereocenters. The number of amides is 1. The predicted octanol–water partition coefficient (Wildman–Crippen LogP) is 3.13. The molecule has 8 nitrogen and oxygen atoms in total. The van der Waals surface area contributed by atoms with Crippen LogP contribution in [0.15, 0.2) is 54.9 Å². The van der Waals surface area contributed by atoms with E-state index in [-0.39, 0.29) is 17.8 Å². The van der Waals surface area contributed by atoms with Gasteiger partial charge in [-0.05, 0) is 49.2 Å². The number of piperazine rings is 1. The van der Waals surface area contributed by atoms with Gasteiger partial charge in [0.1, 0.15) is 0 Å². The monoisotopic (exact) mass is 419 g/mol. The molecule has 3 heterocycles. The molecule has 1 aliphatic rings. The molecule has 1 N–H and O–H groups in total. The third kappa shape index (κ3) is 4.49. The number of nitrogens with zero attached hydrogens (tertiary/aromatic N) is 5. The number of benzene rings is 1. The van der Waals surface area contributed by atoms with E-state index < -0.39 is 5.97 Å². The largest absolute Gasteiger partial charge is 0.476 e. The second-order valence-corrected chi connectivity index (χ2v) is 7.87. The highest BCUT2D eigenvalue weighted by atomic mass is 16.4. The van der Waals surface area contributed by atoms with Crippen molar-refractivity contribution in [1.82, 2.24) is 24.6 Å². The van der Waals surface area contributed by atoms with Crippen LogP contribution in [0.1, 0.15) is 28.5 Å². The molecule has 31 heavy (non-hydrogen) atoms. The van der Waals surface area contributed by atoms with Gasteiger partial charge in [0.25, 0.3) is 0 Å². The first-order valence-electron chi connectivity index (χ1n) is 10.3. The zero-order chi connectivity index (χ0) is 22.0. The lowest BCUT2D eigenvalue weighted by Crippen LogP contribution is -2.54. The summed E-state index contributed by atoms with van der Waals surface area (Å²) in [6.45, 7) is 6.97. The van der Waals surface area contributed by atoms with Crippen LogP contribution in [0.2, 0.25) is 0 Å². The maximum Gasteiger partial charge on any atom is 0.356 e. The molecule has 160 valence electrons. The van der Waals surface area contributed by atoms with Crippen LogP contribution in [0.3, 0.4) is 0 Å². The molecular formula is C23H25N5O3. The zero-order valence-electron chi connectivity index (χ0n) is 17.6. The van der Waals surface area contributed by atoms with Crippen molar-refractivity contribution in [2.45, 2.75) is 26.4 Å². The third-order valence-electron chi connectivity index (χ3n) is 5.66. The first-order chi connectivity index (χ1) is 14.9. The van der Waals surface area contributed by atoms with E-state index >= 15 is 0 Å². The Morgan fingerprint density at radius 1 is 1.16 bits per heavy atom. The Morgan fingerprint density at radius 2 is 2.00 bits per heavy atom. The molecule has 1 aromatic carbocycles. The number of carbonyl (C=O) groups is 2. The Labute approximate surface area is 180 Å². The summed E-state index contributed by atoms with van der Waals surface area (Å²) in [5.41, 5.74) is 4.40. The first kappa shape index (κ1) is 20.7. The lowest BCUT2D eigenvalue weighted by Gasteiger charge is -2.39. The minimum atomic E-state index is -1.14. The summed E-state index contributed by atoms with van der Waals surface area (Å²) < 4.78 is 1.11. The lowest BCUT2D eigenvalue weighted by atomic mass is 10.0. The van der Waals surface area contributed by atoms with Gasteiger partial charge in [-0.25, -0.2) is 9.59 Å². The molecule has 8 heteroatoms. The Balaban J connectivity index is 1.40. The van der Waals surface area contributed by atoms with Gasteiger partial charge in [-0.1, -0.05) is 18.2 Å². The minimum absolute atomic E-state index is 0.00757. The van der Waals surface area contributed by atoms with Crippen molar-refractivity contribution >= 4 is 12.0 Å². The molecule has 1 fully saturated rings. The number of hydrogen-bond donors (Lipinski definition) is 1. The van der Waals surface area contributed by atoms with Crippen LogP contribution in [-0.2, 0) is 6.54 Å². The van der Waals surface area contributed by atoms with Gasteiger partial charge in [0.05, 0.1) is 5.69 Å². The quantitative estimate of drug-likeness (QED) is 0.699. The van der Waals surface area contributed by atoms with Crippen molar-refractivity contribution in [2.24, 2.45) is 0 Å². The van der Waals surface area contributed by atoms with E-state index in [1.807, 2.05) is 25.1 Å². The molecule has 0 radical (unpaired) electrons. The standard InChI is InChI=1S/C23H25N5O3/c1-16-13-18(20-5-3-4-9-24-20)6-7-19(16)15-26-11-12-27(17(2)14-26)23(31)28-10-8-21(25-28)22(29)30/h3-10,13,17H,11-12,14-15H2,1-2H3,(H,29,30)/t17-/m1/s1. The molecule has 2 aromatic heterocycles. The Bertz CT molecular complexity index is 1100. The number of hydrogen-bond acceptors (Lipinski definition) is 5. The van der Waals surface area contributed by atoms with E-state index in [4.69, 9.17) is 5.11 Å². The predicted molar refractivity (Wildman–Crippen MR) is 116 cm³/mol. The molecule has 1 saturated heterocycles. The average molecular weight is 419 g/mol. The van der Waals surface area contributed by atoms with Crippen molar-refractivity contribution in [1.29, 1.82) is 0 Å². The van der Waals surface area contributed by atoms with Crippen molar-refractivity contribution < 1.29 is 14.7 Å². The van der Waals surface area contributed by atoms with Gasteiger partial charge in [-0.3, -0.25) is 9.88 Å². The topological polar surface area (TPSA) is 91.6 Å². The summed E-state index contributed by atoms with van der Waals surface area (Å²) >= 11 is 0. The molecular weight excluding hydrogens is 394 g/mol. The smallest absolute Gasteiger partial charge is 0.356 e. The van der Waals surface area contributed by atoms with Crippen LogP contribution in [0, 0.1) is 6.92 Å². The fraction of sp³-hybridized carbons (Fsp3) is 0.304. The Morgan fingerprint density at radius 3 is 2.65 bits per heavy atom. The molecule has 4 rings (SSSR count). The highest BCUT2D eigenvalue weighted by molar-refractivity contribution is 5.86. The summed E-state index contributed by atoms with van der Waals surface area (Å²) in [5.74, 6) is -1.14. The highest BCUT2D eigenvalue weighted by Gasteiger charge is 2.29. The van der Waals surface area contributed by atoms with Crippen LogP contribution < -0.4 is 0 Å². The third-order valence-corrected chi connectivity index (χ3v) is 5.66. The van der Waals surface area contributed by atoms with Crippen LogP contribution in [0.5, 0.6) is 0 Å². The maximum atomic E-state index is 12.7. The molecule has 3 aromatic rings. The lowest BCUT2D eigenvalue weighted by molar-refractivity contribution is 0.0689. The fourth-order valence-corrected chi connectivity index (χ4v) is 3.94. The first-order valence-corrected chi connectivity index (χ1v) is 10.3. The van der Waals surface area contributed by atoms with Crippen molar-refractivity contribution in [3.05, 3.63) is 71.7 Å². The molecule has 1 aliphatic heterocycles. The zero-order valence-corrected chi connectivity index (χ0v) is 17.6. The maximum absolute atomic E-state index is 12.7. The van der Waals surface area contributed by atoms with Crippen LogP contribution in [-0.4, -0.2) is 67.3 Å². The fourth-order valence-electron chi connectivity index (χ4n) is 3.94. The van der Waals surface area contributed by atoms with E-state index in [1.165, 1.54) is 23.4 Å². The van der Waals surface area contributed by atoms with E-state index in [9.17, 15) is 9.59 Å². The van der Waals surface area contributed by atoms with Crippen molar-refractivity contribution in [3.63, 3.8) is 0 Å². The van der Waals surface area contributed by atoms with Gasteiger partial charge in [0, 0.05) is 50.2 Å². The number of aromatic carboxylic acids is 1. The van der Waals surface area contributed by atoms with Gasteiger partial charge in [-0.2, -0.15) is 9.78 Å². The van der Waals surface area contributed by atoms with Gasteiger partial charge < -0.3 is 10.0 Å². The SMILES string of the molecule is Cc1cc(-c2ccccn2)ccc1CN1CCN(C(=O)n2ccc(C(=O)O)n2)[C@H](C)C1.